The maximum Gasteiger partial charge on any atom is 0.521 e. The highest BCUT2D eigenvalue weighted by molar-refractivity contribution is 8.13. The third kappa shape index (κ3) is 4.27. The van der Waals surface area contributed by atoms with Crippen LogP contribution in [0.3, 0.4) is 0 Å². The van der Waals surface area contributed by atoms with E-state index in [1.165, 1.54) is 6.92 Å². The minimum Gasteiger partial charge on any atom is -0.435 e. The molecule has 2 rings (SSSR count). The summed E-state index contributed by atoms with van der Waals surface area (Å²) in [6.45, 7) is 5.30. The molecule has 2 unspecified atom stereocenters. The van der Waals surface area contributed by atoms with E-state index in [0.29, 0.717) is 18.7 Å². The lowest BCUT2D eigenvalue weighted by atomic mass is 9.98. The Bertz CT molecular complexity index is 652. The summed E-state index contributed by atoms with van der Waals surface area (Å²) in [5.74, 6) is -0.327. The summed E-state index contributed by atoms with van der Waals surface area (Å²) in [5, 5.41) is 9.82. The second-order valence-electron chi connectivity index (χ2n) is 6.89. The molecule has 0 spiro atoms. The lowest BCUT2D eigenvalue weighted by Crippen LogP contribution is -2.60. The molecule has 0 bridgehead atoms. The van der Waals surface area contributed by atoms with E-state index in [-0.39, 0.29) is 23.0 Å². The van der Waals surface area contributed by atoms with Gasteiger partial charge in [0.1, 0.15) is 6.04 Å². The molecule has 2 heterocycles. The van der Waals surface area contributed by atoms with Gasteiger partial charge in [-0.3, -0.25) is 9.78 Å². The molecule has 25 heavy (non-hydrogen) atoms. The van der Waals surface area contributed by atoms with Gasteiger partial charge >= 0.3 is 12.0 Å². The van der Waals surface area contributed by atoms with Crippen LogP contribution in [0.15, 0.2) is 24.5 Å². The van der Waals surface area contributed by atoms with E-state index in [1.807, 2.05) is 19.1 Å². The van der Waals surface area contributed by atoms with Gasteiger partial charge in [0.2, 0.25) is 0 Å². The van der Waals surface area contributed by atoms with Crippen molar-refractivity contribution in [2.24, 2.45) is 11.8 Å². The summed E-state index contributed by atoms with van der Waals surface area (Å²) >= 11 is 1.07. The standard InChI is InChI=1S/C18H24N2O4S/c1-12(11-25-14(3)21)17(22)20(18(23)24)10-16(8-13(20)2)9-15-4-6-19-7-5-15/h4-7,12-13,16H,8-11H2,1-3H3/p+1/t12?,13?,16-,20+/m1/s1. The van der Waals surface area contributed by atoms with Gasteiger partial charge in [0.05, 0.1) is 12.5 Å². The number of hydrogen-bond donors (Lipinski definition) is 1. The molecule has 1 saturated heterocycles. The first-order chi connectivity index (χ1) is 11.8. The molecular formula is C18H25N2O4S+. The quantitative estimate of drug-likeness (QED) is 0.808. The molecule has 0 saturated carbocycles. The molecule has 1 N–H and O–H groups in total. The summed E-state index contributed by atoms with van der Waals surface area (Å²) in [7, 11) is 0. The molecule has 1 aromatic heterocycles. The van der Waals surface area contributed by atoms with Crippen molar-refractivity contribution in [2.45, 2.75) is 39.7 Å². The summed E-state index contributed by atoms with van der Waals surface area (Å²) in [5.41, 5.74) is 1.10. The van der Waals surface area contributed by atoms with Crippen LogP contribution in [0.4, 0.5) is 4.79 Å². The van der Waals surface area contributed by atoms with Crippen molar-refractivity contribution in [1.82, 2.24) is 4.98 Å². The normalized spacial score (nSPS) is 27.0. The van der Waals surface area contributed by atoms with E-state index < -0.39 is 16.5 Å². The Hall–Kier alpha value is -1.73. The molecule has 1 fully saturated rings. The average molecular weight is 365 g/mol. The Morgan fingerprint density at radius 2 is 2.00 bits per heavy atom. The van der Waals surface area contributed by atoms with Gasteiger partial charge in [-0.05, 0) is 38.0 Å². The van der Waals surface area contributed by atoms with Crippen molar-refractivity contribution in [3.8, 4) is 0 Å². The first-order valence-electron chi connectivity index (χ1n) is 8.45. The van der Waals surface area contributed by atoms with E-state index in [4.69, 9.17) is 0 Å². The second-order valence-corrected chi connectivity index (χ2v) is 8.08. The molecule has 0 radical (unpaired) electrons. The molecule has 1 aliphatic heterocycles. The number of hydrogen-bond acceptors (Lipinski definition) is 5. The van der Waals surface area contributed by atoms with Crippen LogP contribution in [0.1, 0.15) is 32.8 Å². The van der Waals surface area contributed by atoms with Gasteiger partial charge in [-0.1, -0.05) is 11.8 Å². The fourth-order valence-electron chi connectivity index (χ4n) is 3.70. The first kappa shape index (κ1) is 19.6. The minimum absolute atomic E-state index is 0.0634. The van der Waals surface area contributed by atoms with E-state index in [2.05, 4.69) is 4.98 Å². The zero-order valence-corrected chi connectivity index (χ0v) is 15.7. The van der Waals surface area contributed by atoms with Gasteiger partial charge in [0, 0.05) is 37.4 Å². The molecule has 4 atom stereocenters. The molecule has 1 aliphatic rings. The number of imide groups is 1. The third-order valence-corrected chi connectivity index (χ3v) is 6.01. The monoisotopic (exact) mass is 365 g/mol. The summed E-state index contributed by atoms with van der Waals surface area (Å²) in [6, 6.07) is 3.57. The van der Waals surface area contributed by atoms with Gasteiger partial charge in [-0.15, -0.1) is 0 Å². The number of thioether (sulfide) groups is 1. The smallest absolute Gasteiger partial charge is 0.435 e. The van der Waals surface area contributed by atoms with Crippen molar-refractivity contribution < 1.29 is 24.0 Å². The molecule has 7 heteroatoms. The number of likely N-dealkylation sites (tertiary alicyclic amines) is 1. The fourth-order valence-corrected chi connectivity index (χ4v) is 4.33. The largest absolute Gasteiger partial charge is 0.521 e. The van der Waals surface area contributed by atoms with Crippen LogP contribution in [0, 0.1) is 11.8 Å². The van der Waals surface area contributed by atoms with Crippen molar-refractivity contribution in [1.29, 1.82) is 0 Å². The van der Waals surface area contributed by atoms with E-state index >= 15 is 0 Å². The number of nitrogens with zero attached hydrogens (tertiary/aromatic N) is 2. The number of carboxylic acid groups (broad SMARTS) is 1. The topological polar surface area (TPSA) is 84.3 Å². The van der Waals surface area contributed by atoms with Crippen LogP contribution in [0.2, 0.25) is 0 Å². The number of carbonyl (C=O) groups excluding carboxylic acids is 2. The zero-order valence-electron chi connectivity index (χ0n) is 14.8. The number of amides is 2. The maximum atomic E-state index is 13.0. The third-order valence-electron chi connectivity index (χ3n) is 4.94. The van der Waals surface area contributed by atoms with Gasteiger partial charge in [-0.2, -0.15) is 9.28 Å². The highest BCUT2D eigenvalue weighted by Crippen LogP contribution is 2.36. The summed E-state index contributed by atoms with van der Waals surface area (Å²) < 4.78 is -0.532. The maximum absolute atomic E-state index is 13.0. The number of aromatic nitrogens is 1. The number of pyridine rings is 1. The van der Waals surface area contributed by atoms with Gasteiger partial charge in [0.15, 0.2) is 5.12 Å². The molecule has 0 aliphatic carbocycles. The molecule has 2 amide bonds. The van der Waals surface area contributed by atoms with E-state index in [1.54, 1.807) is 19.3 Å². The lowest BCUT2D eigenvalue weighted by molar-refractivity contribution is -0.795. The number of quaternary nitrogens is 1. The Labute approximate surface area is 152 Å². The van der Waals surface area contributed by atoms with Crippen molar-refractivity contribution in [3.05, 3.63) is 30.1 Å². The Morgan fingerprint density at radius 3 is 2.56 bits per heavy atom. The SMILES string of the molecule is CC(=O)SCC(C)C(=O)[N@+]1(C(=O)O)C[C@@H](Cc2ccncc2)CC1C. The predicted molar refractivity (Wildman–Crippen MR) is 96.0 cm³/mol. The van der Waals surface area contributed by atoms with E-state index in [0.717, 1.165) is 23.7 Å². The lowest BCUT2D eigenvalue weighted by Gasteiger charge is -2.32. The molecule has 0 aromatic carbocycles. The van der Waals surface area contributed by atoms with Crippen LogP contribution in [0.5, 0.6) is 0 Å². The van der Waals surface area contributed by atoms with Crippen LogP contribution >= 0.6 is 11.8 Å². The number of carbonyl (C=O) groups is 3. The van der Waals surface area contributed by atoms with E-state index in [9.17, 15) is 19.5 Å². The highest BCUT2D eigenvalue weighted by Gasteiger charge is 2.57. The minimum atomic E-state index is -1.09. The van der Waals surface area contributed by atoms with Crippen LogP contribution < -0.4 is 0 Å². The molecular weight excluding hydrogens is 340 g/mol. The van der Waals surface area contributed by atoms with Crippen molar-refractivity contribution in [2.75, 3.05) is 12.3 Å². The molecule has 136 valence electrons. The second kappa shape index (κ2) is 8.10. The zero-order chi connectivity index (χ0) is 18.6. The van der Waals surface area contributed by atoms with Gasteiger partial charge in [0.25, 0.3) is 0 Å². The van der Waals surface area contributed by atoms with Crippen molar-refractivity contribution >= 4 is 28.9 Å². The average Bonchev–Trinajstić information content (AvgIpc) is 2.90. The molecule has 1 aromatic rings. The predicted octanol–water partition coefficient (Wildman–Crippen LogP) is 2.97. The first-order valence-corrected chi connectivity index (χ1v) is 9.43. The van der Waals surface area contributed by atoms with Gasteiger partial charge in [-0.25, -0.2) is 4.79 Å². The summed E-state index contributed by atoms with van der Waals surface area (Å²) in [6.07, 6.45) is 3.78. The Kier molecular flexibility index (Phi) is 6.35. The van der Waals surface area contributed by atoms with Crippen molar-refractivity contribution in [3.63, 3.8) is 0 Å². The number of rotatable bonds is 5. The Morgan fingerprint density at radius 1 is 1.36 bits per heavy atom. The Balaban J connectivity index is 2.16. The van der Waals surface area contributed by atoms with Crippen LogP contribution in [-0.2, 0) is 16.0 Å². The van der Waals surface area contributed by atoms with Crippen LogP contribution in [0.25, 0.3) is 0 Å². The molecule has 6 nitrogen and oxygen atoms in total. The highest BCUT2D eigenvalue weighted by atomic mass is 32.2. The fraction of sp³-hybridized carbons (Fsp3) is 0.556. The van der Waals surface area contributed by atoms with Gasteiger partial charge < -0.3 is 5.11 Å². The van der Waals surface area contributed by atoms with Crippen LogP contribution in [-0.4, -0.2) is 50.0 Å². The summed E-state index contributed by atoms with van der Waals surface area (Å²) in [4.78, 5) is 40.2.